The topological polar surface area (TPSA) is 46.0 Å². The maximum Gasteiger partial charge on any atom is 0.399 e. The third-order valence-corrected chi connectivity index (χ3v) is 10.8. The average Bonchev–Trinajstić information content (AvgIpc) is 3.16. The SMILES string of the molecule is Cc1ccnc(-c2[c-]c(C(F)(F)F)cc(C(F)(F)F)c2)c1.Cc1ccnc(-c2[c-]c(C(F)(F)F)cc(C(F)(F)F)c2)c1.OCC[PH+](c1ccccc1)c1ccccc1.[Ir]. The summed E-state index contributed by atoms with van der Waals surface area (Å²) in [6.45, 7) is 3.57. The maximum atomic E-state index is 12.7. The summed E-state index contributed by atoms with van der Waals surface area (Å²) >= 11 is 0. The quantitative estimate of drug-likeness (QED) is 0.103. The minimum absolute atomic E-state index is 0. The molecule has 0 aliphatic heterocycles. The molecule has 1 N–H and O–H groups in total. The number of aryl methyl sites for hydroxylation is 2. The van der Waals surface area contributed by atoms with Crippen LogP contribution in [0.2, 0.25) is 0 Å². The Morgan fingerprint density at radius 3 is 1.15 bits per heavy atom. The van der Waals surface area contributed by atoms with E-state index >= 15 is 0 Å². The first kappa shape index (κ1) is 48.7. The van der Waals surface area contributed by atoms with Crippen molar-refractivity contribution in [3.63, 3.8) is 0 Å². The molecular weight excluding hydrogens is 1000 g/mol. The van der Waals surface area contributed by atoms with Gasteiger partial charge in [-0.15, -0.1) is 47.5 Å². The van der Waals surface area contributed by atoms with E-state index in [1.165, 1.54) is 35.1 Å². The maximum absolute atomic E-state index is 12.7. The van der Waals surface area contributed by atoms with Gasteiger partial charge in [-0.2, -0.15) is 52.7 Å². The molecule has 59 heavy (non-hydrogen) atoms. The summed E-state index contributed by atoms with van der Waals surface area (Å²) < 4.78 is 153. The molecule has 0 saturated carbocycles. The summed E-state index contributed by atoms with van der Waals surface area (Å²) in [5, 5.41) is 11.9. The Labute approximate surface area is 346 Å². The fraction of sp³-hybridized carbons (Fsp3) is 0.190. The van der Waals surface area contributed by atoms with Crippen LogP contribution in [0, 0.1) is 26.0 Å². The molecule has 0 fully saturated rings. The number of rotatable bonds is 6. The first-order valence-corrected chi connectivity index (χ1v) is 18.6. The molecule has 0 amide bonds. The summed E-state index contributed by atoms with van der Waals surface area (Å²) in [5.74, 6) is 0. The Kier molecular flexibility index (Phi) is 17.0. The van der Waals surface area contributed by atoms with Crippen LogP contribution in [0.1, 0.15) is 33.4 Å². The third-order valence-electron chi connectivity index (χ3n) is 7.99. The summed E-state index contributed by atoms with van der Waals surface area (Å²) in [6, 6.07) is 32.2. The van der Waals surface area contributed by atoms with Crippen LogP contribution in [0.5, 0.6) is 0 Å². The van der Waals surface area contributed by atoms with Crippen molar-refractivity contribution >= 4 is 18.5 Å². The van der Waals surface area contributed by atoms with Gasteiger partial charge >= 0.3 is 24.7 Å². The Morgan fingerprint density at radius 2 is 0.864 bits per heavy atom. The smallest absolute Gasteiger partial charge is 0.393 e. The molecule has 315 valence electrons. The van der Waals surface area contributed by atoms with Gasteiger partial charge in [0.2, 0.25) is 0 Å². The number of halogens is 12. The molecule has 0 aliphatic carbocycles. The molecule has 1 radical (unpaired) electrons. The number of hydrogen-bond donors (Lipinski definition) is 1. The van der Waals surface area contributed by atoms with Crippen LogP contribution in [0.3, 0.4) is 0 Å². The van der Waals surface area contributed by atoms with Crippen molar-refractivity contribution in [2.24, 2.45) is 0 Å². The van der Waals surface area contributed by atoms with Gasteiger partial charge in [-0.05, 0) is 83.9 Å². The van der Waals surface area contributed by atoms with Gasteiger partial charge in [0.05, 0.1) is 31.3 Å². The Morgan fingerprint density at radius 1 is 0.508 bits per heavy atom. The van der Waals surface area contributed by atoms with E-state index < -0.39 is 54.9 Å². The van der Waals surface area contributed by atoms with Crippen molar-refractivity contribution in [1.82, 2.24) is 9.97 Å². The second kappa shape index (κ2) is 20.6. The molecule has 0 saturated heterocycles. The molecule has 0 aliphatic rings. The van der Waals surface area contributed by atoms with E-state index in [0.29, 0.717) is 23.3 Å². The van der Waals surface area contributed by atoms with Gasteiger partial charge in [0.25, 0.3) is 0 Å². The number of nitrogens with zero attached hydrogens (tertiary/aromatic N) is 2. The zero-order valence-corrected chi connectivity index (χ0v) is 34.1. The monoisotopic (exact) mass is 1030 g/mol. The van der Waals surface area contributed by atoms with Crippen LogP contribution in [-0.2, 0) is 44.8 Å². The molecule has 6 aromatic rings. The molecule has 0 atom stereocenters. The number of aromatic nitrogens is 2. The van der Waals surface area contributed by atoms with E-state index in [-0.39, 0.29) is 61.4 Å². The second-order valence-electron chi connectivity index (χ2n) is 12.5. The van der Waals surface area contributed by atoms with Crippen molar-refractivity contribution in [3.8, 4) is 22.5 Å². The van der Waals surface area contributed by atoms with Gasteiger partial charge in [-0.1, -0.05) is 59.7 Å². The number of pyridine rings is 2. The van der Waals surface area contributed by atoms with Crippen LogP contribution in [0.25, 0.3) is 22.5 Å². The zero-order chi connectivity index (χ0) is 42.9. The molecule has 17 heteroatoms. The van der Waals surface area contributed by atoms with Gasteiger partial charge in [-0.25, -0.2) is 0 Å². The van der Waals surface area contributed by atoms with E-state index in [9.17, 15) is 57.8 Å². The fourth-order valence-corrected chi connectivity index (χ4v) is 7.59. The number of hydrogen-bond acceptors (Lipinski definition) is 3. The van der Waals surface area contributed by atoms with Crippen molar-refractivity contribution in [1.29, 1.82) is 0 Å². The number of alkyl halides is 12. The minimum Gasteiger partial charge on any atom is -0.393 e. The van der Waals surface area contributed by atoms with Gasteiger partial charge in [0.1, 0.15) is 0 Å². The van der Waals surface area contributed by atoms with Crippen LogP contribution in [0.15, 0.2) is 122 Å². The molecule has 0 unspecified atom stereocenters. The summed E-state index contributed by atoms with van der Waals surface area (Å²) in [5.41, 5.74) is -5.07. The van der Waals surface area contributed by atoms with Gasteiger partial charge in [0.15, 0.2) is 0 Å². The van der Waals surface area contributed by atoms with E-state index in [2.05, 4.69) is 58.5 Å². The van der Waals surface area contributed by atoms with Gasteiger partial charge < -0.3 is 15.1 Å². The van der Waals surface area contributed by atoms with Crippen LogP contribution in [0.4, 0.5) is 52.7 Å². The summed E-state index contributed by atoms with van der Waals surface area (Å²) in [7, 11) is -0.801. The number of aliphatic hydroxyl groups is 1. The van der Waals surface area contributed by atoms with Crippen molar-refractivity contribution in [2.45, 2.75) is 38.6 Å². The number of aliphatic hydroxyl groups excluding tert-OH is 1. The third kappa shape index (κ3) is 14.6. The average molecular weight is 1030 g/mol. The first-order valence-electron chi connectivity index (χ1n) is 16.9. The molecule has 2 aromatic heterocycles. The van der Waals surface area contributed by atoms with E-state index in [1.54, 1.807) is 26.0 Å². The zero-order valence-electron chi connectivity index (χ0n) is 30.7. The summed E-state index contributed by atoms with van der Waals surface area (Å²) in [6.07, 6.45) is -16.1. The number of benzene rings is 4. The summed E-state index contributed by atoms with van der Waals surface area (Å²) in [4.78, 5) is 7.58. The Hall–Kier alpha value is -4.62. The fourth-order valence-electron chi connectivity index (χ4n) is 5.26. The first-order chi connectivity index (χ1) is 27.1. The molecule has 2 heterocycles. The second-order valence-corrected chi connectivity index (χ2v) is 15.1. The van der Waals surface area contributed by atoms with E-state index in [4.69, 9.17) is 0 Å². The normalized spacial score (nSPS) is 11.8. The molecule has 6 rings (SSSR count). The van der Waals surface area contributed by atoms with E-state index in [0.717, 1.165) is 6.16 Å². The minimum atomic E-state index is -4.92. The van der Waals surface area contributed by atoms with Crippen molar-refractivity contribution in [3.05, 3.63) is 167 Å². The molecule has 4 aromatic carbocycles. The van der Waals surface area contributed by atoms with Gasteiger partial charge in [-0.3, -0.25) is 0 Å². The van der Waals surface area contributed by atoms with Crippen LogP contribution < -0.4 is 10.6 Å². The van der Waals surface area contributed by atoms with Crippen molar-refractivity contribution < 1.29 is 77.9 Å². The van der Waals surface area contributed by atoms with Crippen molar-refractivity contribution in [2.75, 3.05) is 12.8 Å². The predicted molar refractivity (Wildman–Crippen MR) is 199 cm³/mol. The molecule has 0 spiro atoms. The Bertz CT molecular complexity index is 2030. The van der Waals surface area contributed by atoms with Gasteiger partial charge in [0, 0.05) is 32.5 Å². The largest absolute Gasteiger partial charge is 0.399 e. The molecule has 3 nitrogen and oxygen atoms in total. The predicted octanol–water partition coefficient (Wildman–Crippen LogP) is 11.6. The molecular formula is C42H32F12IrN2OP-. The Balaban J connectivity index is 0.000000237. The standard InChI is InChI=1S/2C14H8F6N.C14H15OP.Ir/c2*1-8-2-3-21-12(4-8)9-5-10(13(15,16)17)7-11(6-9)14(18,19)20;15-11-12-16(13-7-3-1-4-8-13)14-9-5-2-6-10-14;/h2*2-5,7H,1H3;1-10,15H,11-12H2;/q2*-1;;/p+1. The molecule has 0 bridgehead atoms. The van der Waals surface area contributed by atoms with E-state index in [1.807, 2.05) is 24.3 Å². The van der Waals surface area contributed by atoms with Crippen LogP contribution >= 0.6 is 7.92 Å². The van der Waals surface area contributed by atoms with Crippen LogP contribution in [-0.4, -0.2) is 27.8 Å².